The maximum absolute atomic E-state index is 10.9. The van der Waals surface area contributed by atoms with Crippen molar-refractivity contribution >= 4 is 18.0 Å². The monoisotopic (exact) mass is 170 g/mol. The van der Waals surface area contributed by atoms with Gasteiger partial charge in [-0.05, 0) is 23.5 Å². The third-order valence-electron chi connectivity index (χ3n) is 0.783. The van der Waals surface area contributed by atoms with Crippen molar-refractivity contribution in [1.82, 2.24) is 0 Å². The fourth-order valence-electron chi connectivity index (χ4n) is 0.134. The van der Waals surface area contributed by atoms with E-state index in [1.807, 2.05) is 0 Å². The molecule has 1 N–H and O–H groups in total. The lowest BCUT2D eigenvalue weighted by atomic mass is 10.2. The van der Waals surface area contributed by atoms with E-state index in [1.165, 1.54) is 13.8 Å². The molecule has 0 bridgehead atoms. The highest BCUT2D eigenvalue weighted by molar-refractivity contribution is 7.96. The van der Waals surface area contributed by atoms with E-state index in [0.29, 0.717) is 12.0 Å². The van der Waals surface area contributed by atoms with Crippen LogP contribution < -0.4 is 0 Å². The van der Waals surface area contributed by atoms with Gasteiger partial charge in [-0.1, -0.05) is 0 Å². The number of rotatable bonds is 4. The molecule has 0 aromatic rings. The third kappa shape index (κ3) is 3.00. The molecule has 0 heterocycles. The highest BCUT2D eigenvalue weighted by Crippen LogP contribution is 2.25. The Morgan fingerprint density at radius 2 is 2.20 bits per heavy atom. The molecular formula is C4H7FO4S. The van der Waals surface area contributed by atoms with Crippen LogP contribution in [-0.2, 0) is 14.2 Å². The van der Waals surface area contributed by atoms with Crippen molar-refractivity contribution in [2.75, 3.05) is 0 Å². The largest absolute Gasteiger partial charge is 0.480 e. The van der Waals surface area contributed by atoms with Crippen LogP contribution in [0.2, 0.25) is 0 Å². The summed E-state index contributed by atoms with van der Waals surface area (Å²) in [6, 6.07) is 0. The van der Waals surface area contributed by atoms with Gasteiger partial charge in [-0.25, -0.2) is 0 Å². The molecule has 0 saturated heterocycles. The molecule has 0 amide bonds. The summed E-state index contributed by atoms with van der Waals surface area (Å²) in [7, 11) is 0. The van der Waals surface area contributed by atoms with Crippen LogP contribution in [0.1, 0.15) is 13.8 Å². The molecule has 0 radical (unpaired) electrons. The first-order chi connectivity index (χ1) is 4.50. The minimum absolute atomic E-state index is 0.390. The van der Waals surface area contributed by atoms with Gasteiger partial charge in [0, 0.05) is 0 Å². The Bertz CT molecular complexity index is 126. The van der Waals surface area contributed by atoms with Crippen LogP contribution in [-0.4, -0.2) is 15.8 Å². The van der Waals surface area contributed by atoms with Crippen molar-refractivity contribution in [1.29, 1.82) is 0 Å². The average molecular weight is 170 g/mol. The van der Waals surface area contributed by atoms with Gasteiger partial charge in [-0.15, -0.1) is 4.33 Å². The van der Waals surface area contributed by atoms with Gasteiger partial charge in [0.15, 0.2) is 0 Å². The Kier molecular flexibility index (Phi) is 3.62. The zero-order chi connectivity index (χ0) is 8.20. The van der Waals surface area contributed by atoms with Gasteiger partial charge in [-0.2, -0.15) is 0 Å². The molecule has 6 heteroatoms. The van der Waals surface area contributed by atoms with Crippen LogP contribution >= 0.6 is 12.0 Å². The summed E-state index contributed by atoms with van der Waals surface area (Å²) in [4.78, 5) is 10.2. The Morgan fingerprint density at radius 1 is 1.70 bits per heavy atom. The number of hydrogen-bond acceptors (Lipinski definition) is 4. The summed E-state index contributed by atoms with van der Waals surface area (Å²) < 4.78 is 13.4. The summed E-state index contributed by atoms with van der Waals surface area (Å²) >= 11 is 0.390. The minimum Gasteiger partial charge on any atom is -0.480 e. The van der Waals surface area contributed by atoms with Gasteiger partial charge < -0.3 is 5.11 Å². The SMILES string of the molecule is CC(C)(SOOF)C(=O)O. The Hall–Kier alpha value is -0.330. The Balaban J connectivity index is 3.75. The molecule has 0 aromatic heterocycles. The van der Waals surface area contributed by atoms with E-state index < -0.39 is 10.7 Å². The number of halogens is 1. The van der Waals surface area contributed by atoms with Crippen molar-refractivity contribution in [2.24, 2.45) is 0 Å². The summed E-state index contributed by atoms with van der Waals surface area (Å²) in [6.45, 7) is 2.72. The second-order valence-corrected chi connectivity index (χ2v) is 3.35. The van der Waals surface area contributed by atoms with Crippen LogP contribution in [0.4, 0.5) is 4.53 Å². The topological polar surface area (TPSA) is 55.8 Å². The van der Waals surface area contributed by atoms with Crippen LogP contribution in [0.25, 0.3) is 0 Å². The fourth-order valence-corrected chi connectivity index (χ4v) is 0.401. The smallest absolute Gasteiger partial charge is 0.321 e. The molecular weight excluding hydrogens is 163 g/mol. The molecule has 0 atom stereocenters. The molecule has 4 nitrogen and oxygen atoms in total. The van der Waals surface area contributed by atoms with E-state index in [4.69, 9.17) is 5.11 Å². The molecule has 60 valence electrons. The number of aliphatic carboxylic acids is 1. The lowest BCUT2D eigenvalue weighted by Gasteiger charge is -2.13. The van der Waals surface area contributed by atoms with Crippen LogP contribution in [0.3, 0.4) is 0 Å². The number of hydrogen-bond donors (Lipinski definition) is 1. The second kappa shape index (κ2) is 3.75. The standard InChI is InChI=1S/C4H7FO4S/c1-4(2,3(6)7)10-9-8-5/h1-2H3,(H,6,7). The number of carboxylic acids is 1. The van der Waals surface area contributed by atoms with E-state index in [2.05, 4.69) is 9.43 Å². The first-order valence-electron chi connectivity index (χ1n) is 2.37. The zero-order valence-electron chi connectivity index (χ0n) is 5.46. The van der Waals surface area contributed by atoms with Gasteiger partial charge in [0.1, 0.15) is 4.75 Å². The Morgan fingerprint density at radius 3 is 2.50 bits per heavy atom. The van der Waals surface area contributed by atoms with Gasteiger partial charge in [0.2, 0.25) is 0 Å². The Labute approximate surface area is 61.3 Å². The maximum atomic E-state index is 10.9. The lowest BCUT2D eigenvalue weighted by molar-refractivity contribution is -0.359. The molecule has 10 heavy (non-hydrogen) atoms. The average Bonchev–Trinajstić information content (AvgIpc) is 1.84. The van der Waals surface area contributed by atoms with Crippen molar-refractivity contribution in [3.05, 3.63) is 0 Å². The first-order valence-corrected chi connectivity index (χ1v) is 3.11. The normalized spacial score (nSPS) is 11.5. The molecule has 0 fully saturated rings. The van der Waals surface area contributed by atoms with Gasteiger partial charge in [0.05, 0.1) is 12.0 Å². The highest BCUT2D eigenvalue weighted by atomic mass is 32.2. The highest BCUT2D eigenvalue weighted by Gasteiger charge is 2.29. The maximum Gasteiger partial charge on any atom is 0.321 e. The van der Waals surface area contributed by atoms with Crippen LogP contribution in [0.5, 0.6) is 0 Å². The van der Waals surface area contributed by atoms with Crippen molar-refractivity contribution in [3.8, 4) is 0 Å². The van der Waals surface area contributed by atoms with Crippen LogP contribution in [0, 0.1) is 0 Å². The zero-order valence-corrected chi connectivity index (χ0v) is 6.27. The van der Waals surface area contributed by atoms with Crippen molar-refractivity contribution in [3.63, 3.8) is 0 Å². The van der Waals surface area contributed by atoms with E-state index in [-0.39, 0.29) is 0 Å². The first kappa shape index (κ1) is 9.67. The van der Waals surface area contributed by atoms with E-state index in [9.17, 15) is 9.32 Å². The summed E-state index contributed by atoms with van der Waals surface area (Å²) in [6.07, 6.45) is 0. The van der Waals surface area contributed by atoms with Crippen LogP contribution in [0.15, 0.2) is 0 Å². The van der Waals surface area contributed by atoms with Gasteiger partial charge in [-0.3, -0.25) is 4.79 Å². The minimum atomic E-state index is -1.20. The number of carbonyl (C=O) groups is 1. The second-order valence-electron chi connectivity index (χ2n) is 2.03. The molecule has 0 spiro atoms. The lowest BCUT2D eigenvalue weighted by Crippen LogP contribution is -2.27. The molecule has 0 rings (SSSR count). The number of carboxylic acid groups (broad SMARTS) is 1. The molecule has 0 aliphatic carbocycles. The molecule has 0 aliphatic heterocycles. The molecule has 0 aromatic carbocycles. The molecule has 0 unspecified atom stereocenters. The third-order valence-corrected chi connectivity index (χ3v) is 1.49. The van der Waals surface area contributed by atoms with Gasteiger partial charge >= 0.3 is 5.97 Å². The van der Waals surface area contributed by atoms with E-state index in [0.717, 1.165) is 0 Å². The summed E-state index contributed by atoms with van der Waals surface area (Å²) in [5.74, 6) is -1.10. The fraction of sp³-hybridized carbons (Fsp3) is 0.750. The molecule has 0 saturated carbocycles. The van der Waals surface area contributed by atoms with Crippen molar-refractivity contribution in [2.45, 2.75) is 18.6 Å². The molecule has 0 aliphatic rings. The predicted octanol–water partition coefficient (Wildman–Crippen LogP) is 1.33. The predicted molar refractivity (Wildman–Crippen MR) is 32.6 cm³/mol. The van der Waals surface area contributed by atoms with Gasteiger partial charge in [0.25, 0.3) is 0 Å². The summed E-state index contributed by atoms with van der Waals surface area (Å²) in [5.41, 5.74) is 0. The quantitative estimate of drug-likeness (QED) is 0.392. The van der Waals surface area contributed by atoms with E-state index in [1.54, 1.807) is 0 Å². The van der Waals surface area contributed by atoms with E-state index >= 15 is 0 Å². The van der Waals surface area contributed by atoms with Crippen molar-refractivity contribution < 1.29 is 23.9 Å². The summed E-state index contributed by atoms with van der Waals surface area (Å²) in [5, 5.41) is 11.1.